The average Bonchev–Trinajstić information content (AvgIpc) is 3.30. The first-order chi connectivity index (χ1) is 31.8. The zero-order valence-corrected chi connectivity index (χ0v) is 34.5. The molecule has 3 aromatic rings. The molecule has 3 aromatic carbocycles. The van der Waals surface area contributed by atoms with E-state index in [0.29, 0.717) is 5.56 Å². The van der Waals surface area contributed by atoms with Gasteiger partial charge in [0.2, 0.25) is 24.6 Å². The number of aromatic hydroxyl groups is 6. The lowest BCUT2D eigenvalue weighted by Gasteiger charge is -2.41. The van der Waals surface area contributed by atoms with Crippen molar-refractivity contribution in [3.8, 4) is 46.0 Å². The molecule has 3 saturated heterocycles. The Hall–Kier alpha value is -5.75. The van der Waals surface area contributed by atoms with Crippen LogP contribution < -0.4 is 9.47 Å². The monoisotopic (exact) mass is 953 g/mol. The van der Waals surface area contributed by atoms with Gasteiger partial charge in [-0.3, -0.25) is 0 Å². The van der Waals surface area contributed by atoms with Gasteiger partial charge in [0, 0.05) is 18.2 Å². The van der Waals surface area contributed by atoms with Crippen LogP contribution in [0.15, 0.2) is 54.3 Å². The fourth-order valence-electron chi connectivity index (χ4n) is 7.46. The van der Waals surface area contributed by atoms with E-state index in [0.717, 1.165) is 30.3 Å². The molecule has 4 aliphatic heterocycles. The van der Waals surface area contributed by atoms with Gasteiger partial charge in [-0.25, -0.2) is 4.79 Å². The number of carbonyl (C=O) groups is 1. The van der Waals surface area contributed by atoms with E-state index in [1.807, 2.05) is 0 Å². The van der Waals surface area contributed by atoms with Gasteiger partial charge < -0.3 is 120 Å². The number of aliphatic hydroxyl groups is 12. The molecule has 17 N–H and O–H groups in total. The van der Waals surface area contributed by atoms with Crippen LogP contribution in [0.25, 0.3) is 12.2 Å². The average molecular weight is 954 g/mol. The van der Waals surface area contributed by atoms with E-state index in [2.05, 4.69) is 4.74 Å². The lowest BCUT2D eigenvalue weighted by atomic mass is 9.98. The summed E-state index contributed by atoms with van der Waals surface area (Å²) in [6, 6.07) is 7.90. The highest BCUT2D eigenvalue weighted by atomic mass is 16.7. The van der Waals surface area contributed by atoms with Gasteiger partial charge in [-0.15, -0.1) is 0 Å². The summed E-state index contributed by atoms with van der Waals surface area (Å²) in [5.74, 6) is -5.57. The van der Waals surface area contributed by atoms with E-state index in [1.54, 1.807) is 0 Å². The van der Waals surface area contributed by atoms with Crippen molar-refractivity contribution in [1.29, 1.82) is 0 Å². The molecule has 0 amide bonds. The predicted octanol–water partition coefficient (Wildman–Crippen LogP) is -4.01. The van der Waals surface area contributed by atoms with Crippen molar-refractivity contribution in [2.45, 2.75) is 98.2 Å². The first-order valence-corrected chi connectivity index (χ1v) is 20.3. The third-order valence-corrected chi connectivity index (χ3v) is 11.2. The molecule has 0 aromatic heterocycles. The second-order valence-electron chi connectivity index (χ2n) is 15.8. The summed E-state index contributed by atoms with van der Waals surface area (Å²) in [5.41, 5.74) is 0.0985. The van der Waals surface area contributed by atoms with E-state index in [9.17, 15) is 86.5 Å². The molecule has 0 bridgehead atoms. The number of phenols is 5. The Morgan fingerprint density at radius 3 is 1.73 bits per heavy atom. The Morgan fingerprint density at radius 1 is 0.597 bits per heavy atom. The fourth-order valence-corrected chi connectivity index (χ4v) is 7.46. The molecule has 4 aliphatic rings. The molecule has 366 valence electrons. The molecular formula is C42H49O25+. The number of aliphatic hydroxyl groups excluding tert-OH is 11. The van der Waals surface area contributed by atoms with Gasteiger partial charge in [0.05, 0.1) is 24.8 Å². The lowest BCUT2D eigenvalue weighted by molar-refractivity contribution is -0.295. The summed E-state index contributed by atoms with van der Waals surface area (Å²) in [4.78, 5) is 12.5. The highest BCUT2D eigenvalue weighted by Crippen LogP contribution is 2.49. The Balaban J connectivity index is 1.19. The highest BCUT2D eigenvalue weighted by Gasteiger charge is 2.49. The minimum Gasteiger partial charge on any atom is -0.571 e. The van der Waals surface area contributed by atoms with Gasteiger partial charge in [0.1, 0.15) is 96.9 Å². The molecule has 3 fully saturated rings. The van der Waals surface area contributed by atoms with Crippen molar-refractivity contribution >= 4 is 18.1 Å². The van der Waals surface area contributed by atoms with Gasteiger partial charge in [-0.1, -0.05) is 6.07 Å². The van der Waals surface area contributed by atoms with Crippen LogP contribution in [-0.4, -0.2) is 204 Å². The highest BCUT2D eigenvalue weighted by molar-refractivity contribution is 5.87. The minimum atomic E-state index is -1.99. The number of rotatable bonds is 13. The van der Waals surface area contributed by atoms with Crippen molar-refractivity contribution in [2.24, 2.45) is 0 Å². The first kappa shape index (κ1) is 49.2. The minimum absolute atomic E-state index is 0.0840. The van der Waals surface area contributed by atoms with E-state index >= 15 is 0 Å². The van der Waals surface area contributed by atoms with Crippen molar-refractivity contribution in [1.82, 2.24) is 0 Å². The summed E-state index contributed by atoms with van der Waals surface area (Å²) < 4.78 is 44.0. The van der Waals surface area contributed by atoms with Crippen LogP contribution >= 0.6 is 0 Å². The largest absolute Gasteiger partial charge is 0.571 e. The molecule has 7 rings (SSSR count). The smallest absolute Gasteiger partial charge is 0.330 e. The summed E-state index contributed by atoms with van der Waals surface area (Å²) in [6.07, 6.45) is -25.3. The van der Waals surface area contributed by atoms with Gasteiger partial charge >= 0.3 is 5.97 Å². The van der Waals surface area contributed by atoms with Crippen LogP contribution in [0.4, 0.5) is 0 Å². The predicted molar refractivity (Wildman–Crippen MR) is 217 cm³/mol. The molecule has 0 saturated carbocycles. The van der Waals surface area contributed by atoms with E-state index < -0.39 is 159 Å². The Labute approximate surface area is 377 Å². The van der Waals surface area contributed by atoms with Crippen molar-refractivity contribution in [3.05, 3.63) is 71.0 Å². The third-order valence-electron chi connectivity index (χ3n) is 11.2. The SMILES string of the molecule is O=C(/C=C/c1ccc(O)c(O)c1)OC[C@H]1O[C@@H](Oc2cc(O)cc3c2C=C(O[C@@H]2O[C@H](CO)[C@@H](O)[C@H](O)[C@H]2O)C(c2cc(O)c(O)c(O[C@@H]4O[C@H](CO)[C@@H](O)[C@H](O)[C@H]4O)c2)[OH+]3)[C@H](O)[C@@H](O)[C@@H]1O. The van der Waals surface area contributed by atoms with E-state index in [4.69, 9.17) is 33.2 Å². The summed E-state index contributed by atoms with van der Waals surface area (Å²) in [6.45, 7) is -2.39. The van der Waals surface area contributed by atoms with Crippen LogP contribution in [0.2, 0.25) is 0 Å². The fraction of sp³-hybridized carbons (Fsp3) is 0.452. The number of carbonyl (C=O) groups excluding carboxylic acids is 1. The second kappa shape index (κ2) is 20.2. The first-order valence-electron chi connectivity index (χ1n) is 20.3. The molecule has 25 heteroatoms. The zero-order valence-electron chi connectivity index (χ0n) is 34.5. The summed E-state index contributed by atoms with van der Waals surface area (Å²) in [5, 5.41) is 167. The standard InChI is InChI=1S/C42H48O25/c43-11-25-30(51)33(54)36(57)41(65-25)63-23-7-15(6-20(48)29(23)50)39-24(64-42-37(58)34(55)31(52)26(12-44)66-42)10-17-21(61-39)8-16(45)9-22(17)62-40-38(59)35(56)32(53)27(67-40)13-60-28(49)4-2-14-1-3-18(46)19(47)5-14/h1-10,25-27,30-48,50-59H,11-13H2/p+1/b4-2+/t25-,26-,27-,30-,31-,32-,33+,34+,35+,36-,37-,38-,39?,40-,41-,42-/m1/s1. The van der Waals surface area contributed by atoms with Gasteiger partial charge in [-0.2, -0.15) is 0 Å². The van der Waals surface area contributed by atoms with Crippen LogP contribution in [0, 0.1) is 0 Å². The molecule has 0 radical (unpaired) electrons. The summed E-state index contributed by atoms with van der Waals surface area (Å²) >= 11 is 0. The summed E-state index contributed by atoms with van der Waals surface area (Å²) in [7, 11) is 0. The maximum absolute atomic E-state index is 12.5. The van der Waals surface area contributed by atoms with Crippen molar-refractivity contribution < 1.29 is 124 Å². The zero-order chi connectivity index (χ0) is 48.6. The molecular weight excluding hydrogens is 904 g/mol. The second-order valence-corrected chi connectivity index (χ2v) is 15.8. The van der Waals surface area contributed by atoms with E-state index in [-0.39, 0.29) is 28.4 Å². The maximum atomic E-state index is 12.5. The van der Waals surface area contributed by atoms with Gasteiger partial charge in [0.25, 0.3) is 11.9 Å². The topological polar surface area (TPSA) is 418 Å². The normalized spacial score (nSPS) is 34.1. The number of benzene rings is 3. The number of esters is 1. The Morgan fingerprint density at radius 2 is 1.15 bits per heavy atom. The number of fused-ring (bicyclic) bond motifs is 1. The number of hydrogen-bond donors (Lipinski definition) is 16. The molecule has 1 unspecified atom stereocenters. The van der Waals surface area contributed by atoms with Crippen LogP contribution in [0.3, 0.4) is 0 Å². The molecule has 0 spiro atoms. The number of hydrogen-bond acceptors (Lipinski definition) is 24. The number of phenolic OH excluding ortho intramolecular Hbond substituents is 5. The van der Waals surface area contributed by atoms with Crippen LogP contribution in [0.1, 0.15) is 22.8 Å². The Kier molecular flexibility index (Phi) is 14.8. The van der Waals surface area contributed by atoms with Crippen LogP contribution in [0.5, 0.6) is 46.0 Å². The Bertz CT molecular complexity index is 2300. The molecule has 67 heavy (non-hydrogen) atoms. The van der Waals surface area contributed by atoms with E-state index in [1.165, 1.54) is 30.4 Å². The van der Waals surface area contributed by atoms with Crippen molar-refractivity contribution in [3.63, 3.8) is 0 Å². The lowest BCUT2D eigenvalue weighted by Crippen LogP contribution is -2.60. The molecule has 4 heterocycles. The number of ether oxygens (including phenoxy) is 8. The molecule has 16 atom stereocenters. The maximum Gasteiger partial charge on any atom is 0.330 e. The quantitative estimate of drug-likeness (QED) is 0.0336. The van der Waals surface area contributed by atoms with Crippen molar-refractivity contribution in [2.75, 3.05) is 19.8 Å². The van der Waals surface area contributed by atoms with Crippen LogP contribution in [-0.2, 0) is 28.5 Å². The molecule has 25 nitrogen and oxygen atoms in total. The van der Waals surface area contributed by atoms with Gasteiger partial charge in [0.15, 0.2) is 28.8 Å². The third kappa shape index (κ3) is 10.2. The van der Waals surface area contributed by atoms with Gasteiger partial charge in [-0.05, 0) is 35.9 Å². The molecule has 0 aliphatic carbocycles.